The number of aromatic nitrogens is 3. The Kier molecular flexibility index (Phi) is 6.13. The molecular weight excluding hydrogens is 571 g/mol. The summed E-state index contributed by atoms with van der Waals surface area (Å²) in [5, 5.41) is 7.74. The first-order valence-electron chi connectivity index (χ1n) is 16.6. The van der Waals surface area contributed by atoms with Gasteiger partial charge in [-0.1, -0.05) is 92.7 Å². The molecular formula is C44H36N3+. The van der Waals surface area contributed by atoms with E-state index in [4.69, 9.17) is 0 Å². The van der Waals surface area contributed by atoms with Crippen LogP contribution in [0.3, 0.4) is 0 Å². The average molecular weight is 607 g/mol. The minimum atomic E-state index is 0.401. The lowest BCUT2D eigenvalue weighted by atomic mass is 9.88. The highest BCUT2D eigenvalue weighted by Gasteiger charge is 2.28. The van der Waals surface area contributed by atoms with Crippen LogP contribution in [-0.4, -0.2) is 9.13 Å². The van der Waals surface area contributed by atoms with Gasteiger partial charge in [-0.15, -0.1) is 0 Å². The molecule has 9 aromatic rings. The van der Waals surface area contributed by atoms with Gasteiger partial charge < -0.3 is 9.13 Å². The molecule has 47 heavy (non-hydrogen) atoms. The number of benzene rings is 6. The minimum absolute atomic E-state index is 0.401. The number of rotatable bonds is 4. The molecule has 226 valence electrons. The average Bonchev–Trinajstić information content (AvgIpc) is 3.62. The fourth-order valence-corrected chi connectivity index (χ4v) is 7.98. The highest BCUT2D eigenvalue weighted by molar-refractivity contribution is 6.27. The standard InChI is InChI=1S/C44H36N3/c1-28(2)36-27-37(29(3)32-19-11-12-20-33(32)36)43-42-35-23-24-39-41(34-21-13-14-22-38(34)46(39)30-15-7-5-8-16-30)44(35)47(31-17-9-6-10-18-31)40(42)25-26-45(43)4/h5-28H,1-4H3/q+1. The molecule has 3 heteroatoms. The lowest BCUT2D eigenvalue weighted by Crippen LogP contribution is -2.30. The second-order valence-corrected chi connectivity index (χ2v) is 13.1. The van der Waals surface area contributed by atoms with Crippen molar-refractivity contribution in [2.24, 2.45) is 7.05 Å². The van der Waals surface area contributed by atoms with Crippen molar-refractivity contribution in [2.75, 3.05) is 0 Å². The molecule has 3 aromatic heterocycles. The molecule has 0 aliphatic heterocycles. The van der Waals surface area contributed by atoms with E-state index in [0.717, 1.165) is 5.69 Å². The summed E-state index contributed by atoms with van der Waals surface area (Å²) in [7, 11) is 2.20. The Labute approximate surface area is 274 Å². The summed E-state index contributed by atoms with van der Waals surface area (Å²) in [6, 6.07) is 48.8. The van der Waals surface area contributed by atoms with Crippen molar-refractivity contribution in [3.63, 3.8) is 0 Å². The second-order valence-electron chi connectivity index (χ2n) is 13.1. The lowest BCUT2D eigenvalue weighted by molar-refractivity contribution is -0.659. The maximum absolute atomic E-state index is 2.50. The minimum Gasteiger partial charge on any atom is -0.309 e. The lowest BCUT2D eigenvalue weighted by Gasteiger charge is -2.16. The predicted molar refractivity (Wildman–Crippen MR) is 198 cm³/mol. The molecule has 0 aliphatic carbocycles. The number of hydrogen-bond acceptors (Lipinski definition) is 0. The highest BCUT2D eigenvalue weighted by Crippen LogP contribution is 2.45. The van der Waals surface area contributed by atoms with Gasteiger partial charge in [0.1, 0.15) is 7.05 Å². The first-order chi connectivity index (χ1) is 23.0. The van der Waals surface area contributed by atoms with E-state index in [1.165, 1.54) is 82.5 Å². The van der Waals surface area contributed by atoms with E-state index >= 15 is 0 Å². The number of hydrogen-bond donors (Lipinski definition) is 0. The van der Waals surface area contributed by atoms with Gasteiger partial charge in [0.05, 0.1) is 33.0 Å². The third-order valence-electron chi connectivity index (χ3n) is 10.1. The summed E-state index contributed by atoms with van der Waals surface area (Å²) in [5.74, 6) is 0.401. The third-order valence-corrected chi connectivity index (χ3v) is 10.1. The molecule has 0 atom stereocenters. The van der Waals surface area contributed by atoms with Crippen LogP contribution >= 0.6 is 0 Å². The van der Waals surface area contributed by atoms with Crippen molar-refractivity contribution < 1.29 is 4.57 Å². The summed E-state index contributed by atoms with van der Waals surface area (Å²) in [6.07, 6.45) is 2.24. The number of fused-ring (bicyclic) bond motifs is 8. The number of nitrogens with zero attached hydrogens (tertiary/aromatic N) is 3. The Bertz CT molecular complexity index is 2660. The Morgan fingerprint density at radius 3 is 1.83 bits per heavy atom. The molecule has 0 spiro atoms. The van der Waals surface area contributed by atoms with Crippen LogP contribution in [0.5, 0.6) is 0 Å². The largest absolute Gasteiger partial charge is 0.309 e. The topological polar surface area (TPSA) is 13.7 Å². The zero-order valence-electron chi connectivity index (χ0n) is 27.2. The molecule has 3 nitrogen and oxygen atoms in total. The Hall–Kier alpha value is -5.67. The van der Waals surface area contributed by atoms with Crippen molar-refractivity contribution in [3.05, 3.63) is 151 Å². The molecule has 3 heterocycles. The van der Waals surface area contributed by atoms with E-state index in [9.17, 15) is 0 Å². The van der Waals surface area contributed by atoms with E-state index in [0.29, 0.717) is 5.92 Å². The van der Waals surface area contributed by atoms with Gasteiger partial charge in [0.2, 0.25) is 5.69 Å². The van der Waals surface area contributed by atoms with Crippen molar-refractivity contribution in [2.45, 2.75) is 26.7 Å². The van der Waals surface area contributed by atoms with Crippen LogP contribution < -0.4 is 4.57 Å². The van der Waals surface area contributed by atoms with E-state index in [-0.39, 0.29) is 0 Å². The Balaban J connectivity index is 1.51. The summed E-state index contributed by atoms with van der Waals surface area (Å²) in [5.41, 5.74) is 12.4. The normalized spacial score (nSPS) is 12.0. The van der Waals surface area contributed by atoms with Crippen LogP contribution in [0.4, 0.5) is 0 Å². The molecule has 0 bridgehead atoms. The summed E-state index contributed by atoms with van der Waals surface area (Å²) in [4.78, 5) is 0. The van der Waals surface area contributed by atoms with E-state index < -0.39 is 0 Å². The first kappa shape index (κ1) is 27.6. The number of aryl methyl sites for hydroxylation is 2. The van der Waals surface area contributed by atoms with Crippen molar-refractivity contribution in [1.29, 1.82) is 0 Å². The van der Waals surface area contributed by atoms with Gasteiger partial charge in [-0.2, -0.15) is 0 Å². The van der Waals surface area contributed by atoms with Crippen molar-refractivity contribution in [1.82, 2.24) is 9.13 Å². The van der Waals surface area contributed by atoms with Crippen LogP contribution in [0.15, 0.2) is 140 Å². The van der Waals surface area contributed by atoms with Crippen molar-refractivity contribution in [3.8, 4) is 22.6 Å². The molecule has 0 aliphatic rings. The zero-order chi connectivity index (χ0) is 31.8. The SMILES string of the molecule is Cc1c(-c2c3c4ccc5c(c6ccccc6n5-c5ccccc5)c4n(-c4ccccc4)c3cc[n+]2C)cc(C(C)C)c2ccccc12. The van der Waals surface area contributed by atoms with Crippen molar-refractivity contribution >= 4 is 54.4 Å². The highest BCUT2D eigenvalue weighted by atomic mass is 15.0. The predicted octanol–water partition coefficient (Wildman–Crippen LogP) is 11.0. The maximum atomic E-state index is 2.50. The monoisotopic (exact) mass is 606 g/mol. The van der Waals surface area contributed by atoms with E-state index in [1.807, 2.05) is 0 Å². The van der Waals surface area contributed by atoms with Gasteiger partial charge in [0.15, 0.2) is 6.20 Å². The fraction of sp³-hybridized carbons (Fsp3) is 0.114. The molecule has 0 N–H and O–H groups in total. The van der Waals surface area contributed by atoms with Gasteiger partial charge >= 0.3 is 0 Å². The second kappa shape index (κ2) is 10.4. The zero-order valence-corrected chi connectivity index (χ0v) is 27.2. The summed E-state index contributed by atoms with van der Waals surface area (Å²) in [6.45, 7) is 6.91. The van der Waals surface area contributed by atoms with Crippen LogP contribution in [0.2, 0.25) is 0 Å². The Morgan fingerprint density at radius 1 is 0.532 bits per heavy atom. The quantitative estimate of drug-likeness (QED) is 0.177. The Morgan fingerprint density at radius 2 is 1.13 bits per heavy atom. The van der Waals surface area contributed by atoms with Crippen LogP contribution in [-0.2, 0) is 7.05 Å². The molecule has 0 saturated carbocycles. The van der Waals surface area contributed by atoms with Gasteiger partial charge in [-0.05, 0) is 83.3 Å². The number of para-hydroxylation sites is 3. The molecule has 0 fully saturated rings. The van der Waals surface area contributed by atoms with E-state index in [2.05, 4.69) is 181 Å². The van der Waals surface area contributed by atoms with E-state index in [1.54, 1.807) is 0 Å². The molecule has 9 rings (SSSR count). The molecule has 0 radical (unpaired) electrons. The van der Waals surface area contributed by atoms with Gasteiger partial charge in [-0.25, -0.2) is 4.57 Å². The molecule has 0 unspecified atom stereocenters. The summed E-state index contributed by atoms with van der Waals surface area (Å²) < 4.78 is 7.24. The number of pyridine rings is 1. The van der Waals surface area contributed by atoms with Crippen LogP contribution in [0, 0.1) is 6.92 Å². The van der Waals surface area contributed by atoms with Gasteiger partial charge in [-0.3, -0.25) is 0 Å². The van der Waals surface area contributed by atoms with Crippen LogP contribution in [0.1, 0.15) is 30.9 Å². The maximum Gasteiger partial charge on any atom is 0.222 e. The first-order valence-corrected chi connectivity index (χ1v) is 16.6. The smallest absolute Gasteiger partial charge is 0.222 e. The van der Waals surface area contributed by atoms with Crippen LogP contribution in [0.25, 0.3) is 77.0 Å². The summed E-state index contributed by atoms with van der Waals surface area (Å²) >= 11 is 0. The van der Waals surface area contributed by atoms with Gasteiger partial charge in [0.25, 0.3) is 0 Å². The molecule has 0 saturated heterocycles. The molecule has 0 amide bonds. The third kappa shape index (κ3) is 3.96. The van der Waals surface area contributed by atoms with Gasteiger partial charge in [0, 0.05) is 33.6 Å². The fourth-order valence-electron chi connectivity index (χ4n) is 7.98. The molecule has 6 aromatic carbocycles.